The van der Waals surface area contributed by atoms with Crippen molar-refractivity contribution < 1.29 is 18.5 Å². The lowest BCUT2D eigenvalue weighted by molar-refractivity contribution is -0.385. The fourth-order valence-electron chi connectivity index (χ4n) is 2.22. The first-order valence-electron chi connectivity index (χ1n) is 6.60. The monoisotopic (exact) mass is 315 g/mol. The third kappa shape index (κ3) is 2.89. The van der Waals surface area contributed by atoms with Gasteiger partial charge in [0.15, 0.2) is 0 Å². The summed E-state index contributed by atoms with van der Waals surface area (Å²) in [7, 11) is 0. The van der Waals surface area contributed by atoms with Crippen LogP contribution in [-0.4, -0.2) is 4.92 Å². The minimum atomic E-state index is -0.732. The predicted molar refractivity (Wildman–Crippen MR) is 80.3 cm³/mol. The fraction of sp³-hybridized carbons (Fsp3) is 0.0625. The van der Waals surface area contributed by atoms with Crippen molar-refractivity contribution in [1.82, 2.24) is 0 Å². The summed E-state index contributed by atoms with van der Waals surface area (Å²) in [4.78, 5) is 21.6. The Hall–Kier alpha value is -3.22. The molecule has 6 nitrogen and oxygen atoms in total. The van der Waals surface area contributed by atoms with E-state index in [2.05, 4.69) is 0 Å². The van der Waals surface area contributed by atoms with E-state index in [-0.39, 0.29) is 11.5 Å². The molecule has 0 aliphatic carbocycles. The molecule has 0 amide bonds. The van der Waals surface area contributed by atoms with Crippen LogP contribution in [0.2, 0.25) is 0 Å². The van der Waals surface area contributed by atoms with E-state index in [0.29, 0.717) is 5.58 Å². The Morgan fingerprint density at radius 2 is 1.96 bits per heavy atom. The Morgan fingerprint density at radius 1 is 1.17 bits per heavy atom. The summed E-state index contributed by atoms with van der Waals surface area (Å²) in [5.41, 5.74) is 0.0588. The molecule has 0 spiro atoms. The predicted octanol–water partition coefficient (Wildman–Crippen LogP) is 3.94. The number of nitro benzene ring substituents is 1. The van der Waals surface area contributed by atoms with Crippen LogP contribution in [0.25, 0.3) is 11.0 Å². The maximum Gasteiger partial charge on any atom is 0.336 e. The van der Waals surface area contributed by atoms with Crippen LogP contribution in [0.5, 0.6) is 11.5 Å². The normalized spacial score (nSPS) is 10.7. The van der Waals surface area contributed by atoms with Crippen LogP contribution in [-0.2, 0) is 0 Å². The van der Waals surface area contributed by atoms with Gasteiger partial charge in [-0.3, -0.25) is 10.1 Å². The summed E-state index contributed by atoms with van der Waals surface area (Å²) in [6.07, 6.45) is 0. The highest BCUT2D eigenvalue weighted by Gasteiger charge is 2.17. The third-order valence-electron chi connectivity index (χ3n) is 3.27. The van der Waals surface area contributed by atoms with Gasteiger partial charge in [0.05, 0.1) is 11.0 Å². The molecule has 116 valence electrons. The molecule has 0 saturated carbocycles. The Morgan fingerprint density at radius 3 is 2.70 bits per heavy atom. The standard InChI is InChI=1S/C16H10FNO5/c1-9-6-16(19)23-15-8-11(3-4-12(9)15)22-14-5-2-10(17)7-13(14)18(20)21/h2-8H,1H3. The molecular weight excluding hydrogens is 305 g/mol. The minimum absolute atomic E-state index is 0.106. The van der Waals surface area contributed by atoms with Crippen molar-refractivity contribution in [3.63, 3.8) is 0 Å². The van der Waals surface area contributed by atoms with Gasteiger partial charge in [-0.1, -0.05) is 0 Å². The molecule has 0 N–H and O–H groups in total. The van der Waals surface area contributed by atoms with E-state index in [1.54, 1.807) is 19.1 Å². The molecule has 0 aliphatic heterocycles. The Balaban J connectivity index is 2.06. The molecule has 0 fully saturated rings. The first-order chi connectivity index (χ1) is 10.9. The van der Waals surface area contributed by atoms with Gasteiger partial charge in [-0.25, -0.2) is 9.18 Å². The maximum atomic E-state index is 13.1. The zero-order valence-electron chi connectivity index (χ0n) is 11.9. The van der Waals surface area contributed by atoms with Crippen LogP contribution in [0.15, 0.2) is 51.7 Å². The molecular formula is C16H10FNO5. The number of hydrogen-bond donors (Lipinski definition) is 0. The molecule has 0 aliphatic rings. The van der Waals surface area contributed by atoms with Gasteiger partial charge in [0.1, 0.15) is 17.1 Å². The van der Waals surface area contributed by atoms with Crippen LogP contribution in [0.4, 0.5) is 10.1 Å². The molecule has 0 radical (unpaired) electrons. The smallest absolute Gasteiger partial charge is 0.336 e. The van der Waals surface area contributed by atoms with Crippen LogP contribution in [0.1, 0.15) is 5.56 Å². The summed E-state index contributed by atoms with van der Waals surface area (Å²) in [6.45, 7) is 1.77. The van der Waals surface area contributed by atoms with Gasteiger partial charge in [-0.2, -0.15) is 0 Å². The molecule has 3 rings (SSSR count). The molecule has 23 heavy (non-hydrogen) atoms. The zero-order chi connectivity index (χ0) is 16.6. The minimum Gasteiger partial charge on any atom is -0.450 e. The van der Waals surface area contributed by atoms with E-state index in [1.165, 1.54) is 18.2 Å². The van der Waals surface area contributed by atoms with Crippen molar-refractivity contribution in [3.05, 3.63) is 74.4 Å². The maximum absolute atomic E-state index is 13.1. The average Bonchev–Trinajstić information content (AvgIpc) is 2.48. The fourth-order valence-corrected chi connectivity index (χ4v) is 2.22. The highest BCUT2D eigenvalue weighted by Crippen LogP contribution is 2.33. The van der Waals surface area contributed by atoms with Crippen molar-refractivity contribution in [2.24, 2.45) is 0 Å². The number of hydrogen-bond acceptors (Lipinski definition) is 5. The van der Waals surface area contributed by atoms with Crippen LogP contribution < -0.4 is 10.4 Å². The number of rotatable bonds is 3. The average molecular weight is 315 g/mol. The van der Waals surface area contributed by atoms with Gasteiger partial charge < -0.3 is 9.15 Å². The number of aryl methyl sites for hydroxylation is 1. The Labute approximate surface area is 128 Å². The summed E-state index contributed by atoms with van der Waals surface area (Å²) >= 11 is 0. The topological polar surface area (TPSA) is 82.6 Å². The van der Waals surface area contributed by atoms with Crippen molar-refractivity contribution >= 4 is 16.7 Å². The van der Waals surface area contributed by atoms with Crippen LogP contribution >= 0.6 is 0 Å². The first-order valence-corrected chi connectivity index (χ1v) is 6.60. The Kier molecular flexibility index (Phi) is 3.53. The SMILES string of the molecule is Cc1cc(=O)oc2cc(Oc3ccc(F)cc3[N+](=O)[O-])ccc12. The van der Waals surface area contributed by atoms with Crippen molar-refractivity contribution in [1.29, 1.82) is 0 Å². The highest BCUT2D eigenvalue weighted by molar-refractivity contribution is 5.81. The van der Waals surface area contributed by atoms with E-state index in [1.807, 2.05) is 0 Å². The number of nitro groups is 1. The zero-order valence-corrected chi connectivity index (χ0v) is 11.9. The molecule has 0 atom stereocenters. The largest absolute Gasteiger partial charge is 0.450 e. The molecule has 3 aromatic rings. The molecule has 1 heterocycles. The molecule has 2 aromatic carbocycles. The summed E-state index contributed by atoms with van der Waals surface area (Å²) in [6, 6.07) is 9.10. The second-order valence-electron chi connectivity index (χ2n) is 4.88. The number of fused-ring (bicyclic) bond motifs is 1. The van der Waals surface area contributed by atoms with Crippen molar-refractivity contribution in [3.8, 4) is 11.5 Å². The number of ether oxygens (including phenoxy) is 1. The van der Waals surface area contributed by atoms with Crippen LogP contribution in [0, 0.1) is 22.9 Å². The van der Waals surface area contributed by atoms with Gasteiger partial charge in [0, 0.05) is 17.5 Å². The molecule has 0 unspecified atom stereocenters. The van der Waals surface area contributed by atoms with E-state index >= 15 is 0 Å². The van der Waals surface area contributed by atoms with E-state index < -0.39 is 22.1 Å². The lowest BCUT2D eigenvalue weighted by Crippen LogP contribution is -1.98. The van der Waals surface area contributed by atoms with Gasteiger partial charge in [-0.05, 0) is 36.8 Å². The lowest BCUT2D eigenvalue weighted by atomic mass is 10.1. The second-order valence-corrected chi connectivity index (χ2v) is 4.88. The van der Waals surface area contributed by atoms with Crippen molar-refractivity contribution in [2.45, 2.75) is 6.92 Å². The third-order valence-corrected chi connectivity index (χ3v) is 3.27. The molecule has 0 bridgehead atoms. The number of halogens is 1. The van der Waals surface area contributed by atoms with Crippen molar-refractivity contribution in [2.75, 3.05) is 0 Å². The lowest BCUT2D eigenvalue weighted by Gasteiger charge is -2.07. The first kappa shape index (κ1) is 14.7. The van der Waals surface area contributed by atoms with E-state index in [4.69, 9.17) is 9.15 Å². The number of benzene rings is 2. The quantitative estimate of drug-likeness (QED) is 0.415. The van der Waals surface area contributed by atoms with Gasteiger partial charge in [0.25, 0.3) is 0 Å². The molecule has 0 saturated heterocycles. The molecule has 7 heteroatoms. The van der Waals surface area contributed by atoms with Gasteiger partial charge >= 0.3 is 11.3 Å². The van der Waals surface area contributed by atoms with E-state index in [9.17, 15) is 19.3 Å². The second kappa shape index (κ2) is 5.53. The summed E-state index contributed by atoms with van der Waals surface area (Å²) < 4.78 is 23.7. The van der Waals surface area contributed by atoms with E-state index in [0.717, 1.165) is 23.1 Å². The van der Waals surface area contributed by atoms with Gasteiger partial charge in [-0.15, -0.1) is 0 Å². The highest BCUT2D eigenvalue weighted by atomic mass is 19.1. The van der Waals surface area contributed by atoms with Gasteiger partial charge in [0.2, 0.25) is 5.75 Å². The summed E-state index contributed by atoms with van der Waals surface area (Å²) in [5.74, 6) is -0.601. The summed E-state index contributed by atoms with van der Waals surface area (Å²) in [5, 5.41) is 11.7. The van der Waals surface area contributed by atoms with Crippen LogP contribution in [0.3, 0.4) is 0 Å². The molecule has 1 aromatic heterocycles. The Bertz CT molecular complexity index is 980. The number of nitrogens with zero attached hydrogens (tertiary/aromatic N) is 1.